The minimum absolute atomic E-state index is 0.806. The van der Waals surface area contributed by atoms with E-state index in [0.29, 0.717) is 0 Å². The predicted molar refractivity (Wildman–Crippen MR) is 129 cm³/mol. The molecule has 45 heavy (non-hydrogen) atoms. The van der Waals surface area contributed by atoms with E-state index >= 15 is 0 Å². The Morgan fingerprint density at radius 1 is 0.422 bits per heavy atom. The molecule has 0 spiro atoms. The van der Waals surface area contributed by atoms with Gasteiger partial charge in [0.2, 0.25) is 0 Å². The Morgan fingerprint density at radius 3 is 0.978 bits per heavy atom. The number of nitriles is 3. The summed E-state index contributed by atoms with van der Waals surface area (Å²) in [5.41, 5.74) is -4.33. The first-order valence-electron chi connectivity index (χ1n) is 11.3. The number of rotatable bonds is 3. The number of nitrogens with zero attached hydrogens (tertiary/aromatic N) is 3. The first kappa shape index (κ1) is 31.8. The highest BCUT2D eigenvalue weighted by Crippen LogP contribution is 2.56. The van der Waals surface area contributed by atoms with Crippen molar-refractivity contribution in [1.29, 1.82) is 15.8 Å². The molecule has 1 saturated carbocycles. The summed E-state index contributed by atoms with van der Waals surface area (Å²) in [6.07, 6.45) is 0. The van der Waals surface area contributed by atoms with Gasteiger partial charge in [-0.05, 0) is 0 Å². The number of hydrogen-bond donors (Lipinski definition) is 3. The van der Waals surface area contributed by atoms with Crippen LogP contribution in [0.4, 0.5) is 64.1 Å². The SMILES string of the molecule is N#CC(=C1C(=C(C#N)c2c(F)c(F)c(N)c(F)c2F)C1=C(N)c1c(F)c(F)c(C#N)c(F)c1F)c1c(F)c(F)c(N)c(F)c1F. The molecule has 4 rings (SSSR count). The first-order chi connectivity index (χ1) is 21.0. The molecule has 0 radical (unpaired) electrons. The van der Waals surface area contributed by atoms with Crippen LogP contribution in [0.5, 0.6) is 0 Å². The minimum Gasteiger partial charge on any atom is -0.398 e. The molecule has 1 aliphatic rings. The van der Waals surface area contributed by atoms with Crippen LogP contribution in [0.15, 0.2) is 16.7 Å². The van der Waals surface area contributed by atoms with Crippen LogP contribution in [0, 0.1) is 104 Å². The van der Waals surface area contributed by atoms with E-state index in [4.69, 9.17) is 22.5 Å². The van der Waals surface area contributed by atoms with Crippen molar-refractivity contribution in [2.45, 2.75) is 0 Å². The lowest BCUT2D eigenvalue weighted by atomic mass is 10.0. The molecule has 228 valence electrons. The molecule has 1 aliphatic carbocycles. The summed E-state index contributed by atoms with van der Waals surface area (Å²) in [5, 5.41) is 28.3. The average molecular weight is 642 g/mol. The Bertz CT molecular complexity index is 1950. The second-order valence-electron chi connectivity index (χ2n) is 8.72. The smallest absolute Gasteiger partial charge is 0.185 e. The molecular formula is C27H6F12N6. The molecule has 0 bridgehead atoms. The quantitative estimate of drug-likeness (QED) is 0.138. The molecule has 3 aromatic carbocycles. The van der Waals surface area contributed by atoms with Gasteiger partial charge in [0.15, 0.2) is 69.8 Å². The summed E-state index contributed by atoms with van der Waals surface area (Å²) in [4.78, 5) is 0. The van der Waals surface area contributed by atoms with Crippen LogP contribution in [0.2, 0.25) is 0 Å². The standard InChI is InChI=1S/C27H6F12N6/c28-13-6(3-42)14(29)20(35)12(19(13)34)25(43)11-7(4(1-40)9-15(30)21(36)26(44)22(37)16(9)31)8(11)5(2-41)10-17(32)23(38)27(45)24(39)18(10)33/h43-45H2. The Labute approximate surface area is 241 Å². The number of allylic oxidation sites excluding steroid dienone is 5. The van der Waals surface area contributed by atoms with Gasteiger partial charge in [-0.1, -0.05) is 0 Å². The topological polar surface area (TPSA) is 149 Å². The summed E-state index contributed by atoms with van der Waals surface area (Å²) in [5.74, 6) is -28.3. The lowest BCUT2D eigenvalue weighted by molar-refractivity contribution is 0.446. The molecule has 0 aromatic heterocycles. The van der Waals surface area contributed by atoms with Gasteiger partial charge in [0.1, 0.15) is 35.1 Å². The Kier molecular flexibility index (Phi) is 7.69. The summed E-state index contributed by atoms with van der Waals surface area (Å²) in [7, 11) is 0. The fourth-order valence-corrected chi connectivity index (χ4v) is 4.26. The van der Waals surface area contributed by atoms with Crippen LogP contribution in [-0.2, 0) is 0 Å². The van der Waals surface area contributed by atoms with Crippen LogP contribution in [-0.4, -0.2) is 0 Å². The Hall–Kier alpha value is -6.09. The van der Waals surface area contributed by atoms with E-state index in [0.717, 1.165) is 18.2 Å². The van der Waals surface area contributed by atoms with Gasteiger partial charge >= 0.3 is 0 Å². The van der Waals surface area contributed by atoms with Crippen molar-refractivity contribution in [3.05, 3.63) is 109 Å². The fraction of sp³-hybridized carbons (Fsp3) is 0. The minimum atomic E-state index is -2.41. The van der Waals surface area contributed by atoms with Crippen LogP contribution < -0.4 is 17.2 Å². The summed E-state index contributed by atoms with van der Waals surface area (Å²) >= 11 is 0. The number of hydrogen-bond acceptors (Lipinski definition) is 6. The second-order valence-corrected chi connectivity index (χ2v) is 8.72. The van der Waals surface area contributed by atoms with Crippen molar-refractivity contribution in [3.8, 4) is 18.2 Å². The van der Waals surface area contributed by atoms with Gasteiger partial charge < -0.3 is 17.2 Å². The molecule has 0 saturated heterocycles. The summed E-state index contributed by atoms with van der Waals surface area (Å²) in [6, 6.07) is 2.85. The molecule has 18 heteroatoms. The molecule has 6 nitrogen and oxygen atoms in total. The van der Waals surface area contributed by atoms with Crippen LogP contribution in [0.25, 0.3) is 16.8 Å². The third kappa shape index (κ3) is 4.36. The maximum atomic E-state index is 14.9. The van der Waals surface area contributed by atoms with E-state index in [1.165, 1.54) is 0 Å². The van der Waals surface area contributed by atoms with Gasteiger partial charge in [-0.2, -0.15) is 15.8 Å². The van der Waals surface area contributed by atoms with Crippen molar-refractivity contribution < 1.29 is 52.7 Å². The largest absolute Gasteiger partial charge is 0.398 e. The van der Waals surface area contributed by atoms with Crippen molar-refractivity contribution >= 4 is 28.2 Å². The van der Waals surface area contributed by atoms with E-state index in [2.05, 4.69) is 0 Å². The van der Waals surface area contributed by atoms with E-state index in [1.54, 1.807) is 0 Å². The summed E-state index contributed by atoms with van der Waals surface area (Å²) < 4.78 is 175. The highest BCUT2D eigenvalue weighted by atomic mass is 19.2. The zero-order valence-corrected chi connectivity index (χ0v) is 21.1. The first-order valence-corrected chi connectivity index (χ1v) is 11.3. The van der Waals surface area contributed by atoms with Crippen molar-refractivity contribution in [2.24, 2.45) is 5.73 Å². The van der Waals surface area contributed by atoms with Crippen LogP contribution in [0.1, 0.15) is 22.3 Å². The van der Waals surface area contributed by atoms with E-state index < -0.39 is 137 Å². The van der Waals surface area contributed by atoms with Gasteiger partial charge in [0.05, 0.1) is 33.5 Å². The van der Waals surface area contributed by atoms with E-state index in [1.807, 2.05) is 0 Å². The van der Waals surface area contributed by atoms with Gasteiger partial charge in [0.25, 0.3) is 0 Å². The molecule has 1 fully saturated rings. The Morgan fingerprint density at radius 2 is 0.711 bits per heavy atom. The number of anilines is 2. The third-order valence-electron chi connectivity index (χ3n) is 6.42. The number of nitrogens with two attached hydrogens (primary N) is 3. The summed E-state index contributed by atoms with van der Waals surface area (Å²) in [6.45, 7) is 0. The normalized spacial score (nSPS) is 14.5. The molecule has 6 N–H and O–H groups in total. The zero-order valence-electron chi connectivity index (χ0n) is 21.1. The monoisotopic (exact) mass is 642 g/mol. The molecule has 0 aliphatic heterocycles. The zero-order chi connectivity index (χ0) is 34.0. The van der Waals surface area contributed by atoms with Gasteiger partial charge in [-0.3, -0.25) is 0 Å². The maximum Gasteiger partial charge on any atom is 0.185 e. The fourth-order valence-electron chi connectivity index (χ4n) is 4.26. The van der Waals surface area contributed by atoms with Crippen LogP contribution in [0.3, 0.4) is 0 Å². The number of nitrogen functional groups attached to an aromatic ring is 2. The molecule has 0 heterocycles. The molecule has 0 atom stereocenters. The average Bonchev–Trinajstić information content (AvgIpc) is 3.75. The van der Waals surface area contributed by atoms with Crippen molar-refractivity contribution in [1.82, 2.24) is 0 Å². The van der Waals surface area contributed by atoms with Gasteiger partial charge in [-0.15, -0.1) is 0 Å². The Balaban J connectivity index is 2.32. The van der Waals surface area contributed by atoms with Crippen molar-refractivity contribution in [2.75, 3.05) is 11.5 Å². The molecular weight excluding hydrogens is 636 g/mol. The molecule has 0 amide bonds. The second kappa shape index (κ2) is 10.9. The maximum absolute atomic E-state index is 14.9. The van der Waals surface area contributed by atoms with Gasteiger partial charge in [-0.25, -0.2) is 52.7 Å². The number of benzene rings is 3. The van der Waals surface area contributed by atoms with Crippen molar-refractivity contribution in [3.63, 3.8) is 0 Å². The number of halogens is 12. The third-order valence-corrected chi connectivity index (χ3v) is 6.42. The van der Waals surface area contributed by atoms with Gasteiger partial charge in [0, 0.05) is 16.7 Å². The predicted octanol–water partition coefficient (Wildman–Crippen LogP) is 6.03. The highest BCUT2D eigenvalue weighted by molar-refractivity contribution is 6.10. The van der Waals surface area contributed by atoms with E-state index in [9.17, 15) is 63.2 Å². The lowest BCUT2D eigenvalue weighted by Crippen LogP contribution is -2.10. The van der Waals surface area contributed by atoms with Crippen LogP contribution >= 0.6 is 0 Å². The lowest BCUT2D eigenvalue weighted by Gasteiger charge is -2.09. The highest BCUT2D eigenvalue weighted by Gasteiger charge is 2.45. The van der Waals surface area contributed by atoms with E-state index in [-0.39, 0.29) is 0 Å². The molecule has 0 unspecified atom stereocenters. The molecule has 3 aromatic rings.